The fourth-order valence-electron chi connectivity index (χ4n) is 0.494. The van der Waals surface area contributed by atoms with Gasteiger partial charge in [-0.05, 0) is 19.1 Å². The predicted molar refractivity (Wildman–Crippen MR) is 47.0 cm³/mol. The molecule has 0 unspecified atom stereocenters. The lowest BCUT2D eigenvalue weighted by atomic mass is 10.4. The number of rotatable bonds is 5. The first-order chi connectivity index (χ1) is 4.41. The maximum Gasteiger partial charge on any atom is 0.0113 e. The van der Waals surface area contributed by atoms with E-state index in [4.69, 9.17) is 0 Å². The van der Waals surface area contributed by atoms with Gasteiger partial charge in [0.05, 0.1) is 0 Å². The van der Waals surface area contributed by atoms with Crippen LogP contribution in [0, 0.1) is 0 Å². The van der Waals surface area contributed by atoms with E-state index in [9.17, 15) is 0 Å². The molecule has 0 spiro atoms. The second-order valence-corrected chi connectivity index (χ2v) is 3.15. The van der Waals surface area contributed by atoms with E-state index < -0.39 is 0 Å². The molecule has 0 saturated heterocycles. The fourth-order valence-corrected chi connectivity index (χ4v) is 1.48. The molecule has 0 aromatic rings. The van der Waals surface area contributed by atoms with Crippen molar-refractivity contribution in [3.63, 3.8) is 0 Å². The Labute approximate surface area is 62.7 Å². The maximum absolute atomic E-state index is 2.23. The Morgan fingerprint density at radius 2 is 2.22 bits per heavy atom. The highest BCUT2D eigenvalue weighted by atomic mass is 32.2. The Kier molecular flexibility index (Phi) is 8.17. The van der Waals surface area contributed by atoms with E-state index in [1.165, 1.54) is 24.3 Å². The van der Waals surface area contributed by atoms with Crippen molar-refractivity contribution in [2.45, 2.75) is 26.7 Å². The van der Waals surface area contributed by atoms with Crippen molar-refractivity contribution in [3.8, 4) is 0 Å². The van der Waals surface area contributed by atoms with Crippen LogP contribution >= 0.6 is 11.8 Å². The van der Waals surface area contributed by atoms with Crippen molar-refractivity contribution in [3.05, 3.63) is 12.2 Å². The van der Waals surface area contributed by atoms with Crippen LogP contribution in [-0.2, 0) is 0 Å². The molecule has 0 fully saturated rings. The molecule has 0 aromatic carbocycles. The molecule has 0 aliphatic carbocycles. The first kappa shape index (κ1) is 9.09. The Morgan fingerprint density at radius 1 is 1.44 bits per heavy atom. The third kappa shape index (κ3) is 8.09. The molecule has 0 saturated carbocycles. The number of hydrogen-bond acceptors (Lipinski definition) is 1. The normalized spacial score (nSPS) is 10.9. The third-order valence-electron chi connectivity index (χ3n) is 1.09. The molecule has 0 aromatic heterocycles. The van der Waals surface area contributed by atoms with Crippen LogP contribution in [-0.4, -0.2) is 11.5 Å². The van der Waals surface area contributed by atoms with E-state index in [1.54, 1.807) is 0 Å². The largest absolute Gasteiger partial charge is 0.158 e. The molecule has 1 heteroatoms. The molecule has 0 atom stereocenters. The van der Waals surface area contributed by atoms with Gasteiger partial charge >= 0.3 is 0 Å². The lowest BCUT2D eigenvalue weighted by molar-refractivity contribution is 0.897. The summed E-state index contributed by atoms with van der Waals surface area (Å²) in [6, 6.07) is 0. The van der Waals surface area contributed by atoms with Crippen LogP contribution in [0.5, 0.6) is 0 Å². The van der Waals surface area contributed by atoms with Gasteiger partial charge in [-0.3, -0.25) is 0 Å². The summed E-state index contributed by atoms with van der Waals surface area (Å²) in [6.07, 6.45) is 7.00. The summed E-state index contributed by atoms with van der Waals surface area (Å²) in [4.78, 5) is 0. The topological polar surface area (TPSA) is 0 Å². The molecule has 0 radical (unpaired) electrons. The van der Waals surface area contributed by atoms with Crippen LogP contribution in [0.25, 0.3) is 0 Å². The van der Waals surface area contributed by atoms with E-state index in [2.05, 4.69) is 26.0 Å². The number of hydrogen-bond donors (Lipinski definition) is 0. The lowest BCUT2D eigenvalue weighted by Crippen LogP contribution is -1.77. The molecule has 0 bridgehead atoms. The van der Waals surface area contributed by atoms with Crippen LogP contribution in [0.1, 0.15) is 26.7 Å². The Hall–Kier alpha value is 0.0900. The molecule has 0 N–H and O–H groups in total. The van der Waals surface area contributed by atoms with Crippen molar-refractivity contribution >= 4 is 11.8 Å². The van der Waals surface area contributed by atoms with Crippen LogP contribution in [0.2, 0.25) is 0 Å². The van der Waals surface area contributed by atoms with Gasteiger partial charge in [0.2, 0.25) is 0 Å². The Morgan fingerprint density at radius 3 is 2.78 bits per heavy atom. The van der Waals surface area contributed by atoms with E-state index in [0.717, 1.165) is 0 Å². The van der Waals surface area contributed by atoms with Crippen molar-refractivity contribution in [1.82, 2.24) is 0 Å². The summed E-state index contributed by atoms with van der Waals surface area (Å²) in [5, 5.41) is 0. The van der Waals surface area contributed by atoms with Crippen LogP contribution in [0.15, 0.2) is 12.2 Å². The lowest BCUT2D eigenvalue weighted by Gasteiger charge is -1.92. The standard InChI is InChI=1S/C8H16S/c1-3-5-7-9-8-6-4-2/h3,5H,4,6-8H2,1-2H3/b5-3+. The highest BCUT2D eigenvalue weighted by Crippen LogP contribution is 2.03. The predicted octanol–water partition coefficient (Wildman–Crippen LogP) is 3.10. The van der Waals surface area contributed by atoms with Gasteiger partial charge in [-0.25, -0.2) is 0 Å². The van der Waals surface area contributed by atoms with Gasteiger partial charge in [0.15, 0.2) is 0 Å². The van der Waals surface area contributed by atoms with Crippen molar-refractivity contribution in [1.29, 1.82) is 0 Å². The van der Waals surface area contributed by atoms with Crippen molar-refractivity contribution in [2.24, 2.45) is 0 Å². The molecular formula is C8H16S. The number of thioether (sulfide) groups is 1. The second kappa shape index (κ2) is 8.09. The van der Waals surface area contributed by atoms with Gasteiger partial charge in [-0.15, -0.1) is 0 Å². The van der Waals surface area contributed by atoms with Crippen molar-refractivity contribution in [2.75, 3.05) is 11.5 Å². The number of allylic oxidation sites excluding steroid dienone is 1. The van der Waals surface area contributed by atoms with E-state index in [0.29, 0.717) is 0 Å². The van der Waals surface area contributed by atoms with E-state index >= 15 is 0 Å². The minimum Gasteiger partial charge on any atom is -0.158 e. The summed E-state index contributed by atoms with van der Waals surface area (Å²) < 4.78 is 0. The molecule has 0 aliphatic heterocycles. The second-order valence-electron chi connectivity index (χ2n) is 2.00. The minimum atomic E-state index is 1.19. The van der Waals surface area contributed by atoms with Gasteiger partial charge < -0.3 is 0 Å². The van der Waals surface area contributed by atoms with Crippen LogP contribution in [0.3, 0.4) is 0 Å². The molecule has 0 aliphatic rings. The smallest absolute Gasteiger partial charge is 0.0113 e. The average molecular weight is 144 g/mol. The van der Waals surface area contributed by atoms with Gasteiger partial charge in [-0.2, -0.15) is 11.8 Å². The van der Waals surface area contributed by atoms with Crippen molar-refractivity contribution < 1.29 is 0 Å². The average Bonchev–Trinajstić information content (AvgIpc) is 1.89. The molecule has 0 amide bonds. The van der Waals surface area contributed by atoms with Crippen LogP contribution in [0.4, 0.5) is 0 Å². The summed E-state index contributed by atoms with van der Waals surface area (Å²) in [7, 11) is 0. The third-order valence-corrected chi connectivity index (χ3v) is 2.10. The summed E-state index contributed by atoms with van der Waals surface area (Å²) in [6.45, 7) is 4.30. The number of unbranched alkanes of at least 4 members (excludes halogenated alkanes) is 1. The molecular weight excluding hydrogens is 128 g/mol. The van der Waals surface area contributed by atoms with Gasteiger partial charge in [0.25, 0.3) is 0 Å². The molecule has 54 valence electrons. The Bertz CT molecular complexity index is 67.0. The van der Waals surface area contributed by atoms with E-state index in [1.807, 2.05) is 11.8 Å². The summed E-state index contributed by atoms with van der Waals surface area (Å²) in [5.74, 6) is 2.51. The fraction of sp³-hybridized carbons (Fsp3) is 0.750. The molecule has 0 nitrogen and oxygen atoms in total. The minimum absolute atomic E-state index is 1.19. The zero-order valence-electron chi connectivity index (χ0n) is 6.39. The van der Waals surface area contributed by atoms with Gasteiger partial charge in [0.1, 0.15) is 0 Å². The van der Waals surface area contributed by atoms with E-state index in [-0.39, 0.29) is 0 Å². The highest BCUT2D eigenvalue weighted by Gasteiger charge is 1.82. The Balaban J connectivity index is 2.75. The molecule has 0 rings (SSSR count). The molecule has 0 heterocycles. The zero-order valence-corrected chi connectivity index (χ0v) is 7.21. The highest BCUT2D eigenvalue weighted by molar-refractivity contribution is 7.99. The maximum atomic E-state index is 2.23. The zero-order chi connectivity index (χ0) is 6.95. The SMILES string of the molecule is C/C=C/CSCCCC. The first-order valence-corrected chi connectivity index (χ1v) is 4.76. The first-order valence-electron chi connectivity index (χ1n) is 3.60. The monoisotopic (exact) mass is 144 g/mol. The van der Waals surface area contributed by atoms with Gasteiger partial charge in [-0.1, -0.05) is 25.5 Å². The van der Waals surface area contributed by atoms with Crippen LogP contribution < -0.4 is 0 Å². The van der Waals surface area contributed by atoms with Gasteiger partial charge in [0, 0.05) is 5.75 Å². The summed E-state index contributed by atoms with van der Waals surface area (Å²) >= 11 is 2.02. The summed E-state index contributed by atoms with van der Waals surface area (Å²) in [5.41, 5.74) is 0. The molecule has 9 heavy (non-hydrogen) atoms. The quantitative estimate of drug-likeness (QED) is 0.422.